The normalized spacial score (nSPS) is 10.8. The Morgan fingerprint density at radius 1 is 1.11 bits per heavy atom. The third-order valence-electron chi connectivity index (χ3n) is 2.76. The smallest absolute Gasteiger partial charge is 0.224 e. The number of unbranched alkanes of at least 4 members (excludes halogenated alkanes) is 1. The van der Waals surface area contributed by atoms with E-state index in [2.05, 4.69) is 46.5 Å². The number of aryl methyl sites for hydroxylation is 1. The average molecular weight is 265 g/mol. The van der Waals surface area contributed by atoms with Crippen LogP contribution in [0.1, 0.15) is 31.9 Å². The highest BCUT2D eigenvalue weighted by Gasteiger charge is 2.01. The maximum absolute atomic E-state index is 4.48. The molecular formula is C14H27N5. The van der Waals surface area contributed by atoms with Crippen LogP contribution in [0.15, 0.2) is 6.07 Å². The molecule has 1 rings (SSSR count). The van der Waals surface area contributed by atoms with Gasteiger partial charge in [-0.3, -0.25) is 0 Å². The fourth-order valence-electron chi connectivity index (χ4n) is 1.73. The summed E-state index contributed by atoms with van der Waals surface area (Å²) in [6.07, 6.45) is 3.42. The highest BCUT2D eigenvalue weighted by molar-refractivity contribution is 5.42. The number of nitrogens with zero attached hydrogens (tertiary/aromatic N) is 3. The minimum absolute atomic E-state index is 0.726. The first-order chi connectivity index (χ1) is 9.11. The summed E-state index contributed by atoms with van der Waals surface area (Å²) in [5, 5.41) is 6.62. The van der Waals surface area contributed by atoms with Crippen LogP contribution in [-0.2, 0) is 0 Å². The lowest BCUT2D eigenvalue weighted by atomic mass is 10.3. The quantitative estimate of drug-likeness (QED) is 0.671. The molecule has 0 aromatic carbocycles. The summed E-state index contributed by atoms with van der Waals surface area (Å²) in [5.41, 5.74) is 0.990. The molecule has 0 saturated heterocycles. The molecule has 5 heteroatoms. The van der Waals surface area contributed by atoms with Crippen molar-refractivity contribution in [1.82, 2.24) is 14.9 Å². The van der Waals surface area contributed by atoms with Gasteiger partial charge in [-0.25, -0.2) is 4.98 Å². The van der Waals surface area contributed by atoms with E-state index in [9.17, 15) is 0 Å². The van der Waals surface area contributed by atoms with Gasteiger partial charge in [0.05, 0.1) is 0 Å². The molecule has 0 unspecified atom stereocenters. The van der Waals surface area contributed by atoms with E-state index in [0.29, 0.717) is 0 Å². The number of hydrogen-bond donors (Lipinski definition) is 2. The van der Waals surface area contributed by atoms with E-state index in [1.165, 1.54) is 6.42 Å². The topological polar surface area (TPSA) is 53.1 Å². The summed E-state index contributed by atoms with van der Waals surface area (Å²) in [5.74, 6) is 1.63. The predicted octanol–water partition coefficient (Wildman–Crippen LogP) is 2.36. The molecule has 0 aliphatic carbocycles. The van der Waals surface area contributed by atoms with Crippen LogP contribution in [0.25, 0.3) is 0 Å². The van der Waals surface area contributed by atoms with Crippen molar-refractivity contribution in [3.63, 3.8) is 0 Å². The Labute approximate surface area is 116 Å². The molecule has 0 fully saturated rings. The van der Waals surface area contributed by atoms with Crippen molar-refractivity contribution in [1.29, 1.82) is 0 Å². The van der Waals surface area contributed by atoms with Crippen LogP contribution < -0.4 is 10.6 Å². The second-order valence-corrected chi connectivity index (χ2v) is 5.08. The Bertz CT molecular complexity index is 365. The third kappa shape index (κ3) is 6.96. The molecule has 0 aliphatic rings. The van der Waals surface area contributed by atoms with Crippen LogP contribution in [0, 0.1) is 6.92 Å². The van der Waals surface area contributed by atoms with Crippen LogP contribution in [0.2, 0.25) is 0 Å². The van der Waals surface area contributed by atoms with E-state index in [0.717, 1.165) is 49.9 Å². The highest BCUT2D eigenvalue weighted by Crippen LogP contribution is 2.09. The van der Waals surface area contributed by atoms with Crippen LogP contribution in [0.4, 0.5) is 11.8 Å². The predicted molar refractivity (Wildman–Crippen MR) is 81.8 cm³/mol. The van der Waals surface area contributed by atoms with Crippen LogP contribution in [-0.4, -0.2) is 48.6 Å². The van der Waals surface area contributed by atoms with Gasteiger partial charge in [-0.1, -0.05) is 13.3 Å². The number of rotatable bonds is 9. The molecule has 1 aromatic rings. The van der Waals surface area contributed by atoms with E-state index in [1.54, 1.807) is 0 Å². The van der Waals surface area contributed by atoms with Gasteiger partial charge in [0.2, 0.25) is 5.95 Å². The molecule has 2 N–H and O–H groups in total. The summed E-state index contributed by atoms with van der Waals surface area (Å²) >= 11 is 0. The molecule has 108 valence electrons. The maximum Gasteiger partial charge on any atom is 0.224 e. The number of aromatic nitrogens is 2. The lowest BCUT2D eigenvalue weighted by molar-refractivity contribution is 0.405. The van der Waals surface area contributed by atoms with Gasteiger partial charge in [0.25, 0.3) is 0 Å². The zero-order valence-electron chi connectivity index (χ0n) is 12.7. The molecule has 1 aromatic heterocycles. The van der Waals surface area contributed by atoms with Crippen LogP contribution >= 0.6 is 0 Å². The lowest BCUT2D eigenvalue weighted by Crippen LogP contribution is -2.17. The zero-order chi connectivity index (χ0) is 14.1. The van der Waals surface area contributed by atoms with Crippen molar-refractivity contribution < 1.29 is 0 Å². The first kappa shape index (κ1) is 15.7. The summed E-state index contributed by atoms with van der Waals surface area (Å²) < 4.78 is 0. The molecule has 5 nitrogen and oxygen atoms in total. The van der Waals surface area contributed by atoms with Crippen LogP contribution in [0.5, 0.6) is 0 Å². The molecule has 0 radical (unpaired) electrons. The van der Waals surface area contributed by atoms with Crippen molar-refractivity contribution in [2.75, 3.05) is 44.4 Å². The van der Waals surface area contributed by atoms with E-state index in [1.807, 2.05) is 13.0 Å². The van der Waals surface area contributed by atoms with E-state index < -0.39 is 0 Å². The fraction of sp³-hybridized carbons (Fsp3) is 0.714. The Hall–Kier alpha value is -1.36. The highest BCUT2D eigenvalue weighted by atomic mass is 15.1. The second kappa shape index (κ2) is 8.69. The lowest BCUT2D eigenvalue weighted by Gasteiger charge is -2.11. The van der Waals surface area contributed by atoms with Gasteiger partial charge < -0.3 is 15.5 Å². The van der Waals surface area contributed by atoms with Gasteiger partial charge >= 0.3 is 0 Å². The third-order valence-corrected chi connectivity index (χ3v) is 2.76. The summed E-state index contributed by atoms with van der Waals surface area (Å²) in [6.45, 7) is 7.12. The first-order valence-electron chi connectivity index (χ1n) is 7.10. The van der Waals surface area contributed by atoms with Crippen molar-refractivity contribution >= 4 is 11.8 Å². The number of hydrogen-bond acceptors (Lipinski definition) is 5. The Morgan fingerprint density at radius 3 is 2.53 bits per heavy atom. The molecule has 0 atom stereocenters. The Kier molecular flexibility index (Phi) is 7.18. The molecule has 0 amide bonds. The minimum atomic E-state index is 0.726. The molecule has 0 saturated carbocycles. The van der Waals surface area contributed by atoms with Gasteiger partial charge in [-0.2, -0.15) is 4.98 Å². The molecule has 1 heterocycles. The largest absolute Gasteiger partial charge is 0.370 e. The fourth-order valence-corrected chi connectivity index (χ4v) is 1.73. The summed E-state index contributed by atoms with van der Waals surface area (Å²) in [4.78, 5) is 11.1. The molecule has 19 heavy (non-hydrogen) atoms. The monoisotopic (exact) mass is 265 g/mol. The van der Waals surface area contributed by atoms with Gasteiger partial charge in [0.1, 0.15) is 5.82 Å². The van der Waals surface area contributed by atoms with Crippen molar-refractivity contribution in [3.05, 3.63) is 11.8 Å². The van der Waals surface area contributed by atoms with E-state index in [4.69, 9.17) is 0 Å². The van der Waals surface area contributed by atoms with Crippen LogP contribution in [0.3, 0.4) is 0 Å². The van der Waals surface area contributed by atoms with Gasteiger partial charge in [0.15, 0.2) is 0 Å². The molecule has 0 bridgehead atoms. The first-order valence-corrected chi connectivity index (χ1v) is 7.10. The van der Waals surface area contributed by atoms with Crippen molar-refractivity contribution in [2.45, 2.75) is 33.1 Å². The molecular weight excluding hydrogens is 238 g/mol. The Morgan fingerprint density at radius 2 is 1.84 bits per heavy atom. The van der Waals surface area contributed by atoms with Crippen molar-refractivity contribution in [3.8, 4) is 0 Å². The SMILES string of the molecule is CCCCNc1nc(C)cc(NCCCN(C)C)n1. The summed E-state index contributed by atoms with van der Waals surface area (Å²) in [6, 6.07) is 1.99. The zero-order valence-corrected chi connectivity index (χ0v) is 12.7. The number of anilines is 2. The molecule has 0 aliphatic heterocycles. The van der Waals surface area contributed by atoms with Crippen molar-refractivity contribution in [2.24, 2.45) is 0 Å². The maximum atomic E-state index is 4.48. The van der Waals surface area contributed by atoms with E-state index >= 15 is 0 Å². The standard InChI is InChI=1S/C14H27N5/c1-5-6-8-16-14-17-12(2)11-13(18-14)15-9-7-10-19(3)4/h11H,5-10H2,1-4H3,(H2,15,16,17,18). The summed E-state index contributed by atoms with van der Waals surface area (Å²) in [7, 11) is 4.18. The second-order valence-electron chi connectivity index (χ2n) is 5.08. The van der Waals surface area contributed by atoms with Gasteiger partial charge in [-0.15, -0.1) is 0 Å². The average Bonchev–Trinajstić information content (AvgIpc) is 2.34. The molecule has 0 spiro atoms. The minimum Gasteiger partial charge on any atom is -0.370 e. The van der Waals surface area contributed by atoms with Gasteiger partial charge in [0, 0.05) is 24.8 Å². The number of nitrogens with one attached hydrogen (secondary N) is 2. The van der Waals surface area contributed by atoms with Gasteiger partial charge in [-0.05, 0) is 40.4 Å². The Balaban J connectivity index is 2.44. The van der Waals surface area contributed by atoms with E-state index in [-0.39, 0.29) is 0 Å².